The zero-order valence-corrected chi connectivity index (χ0v) is 13.4. The Morgan fingerprint density at radius 3 is 2.45 bits per heavy atom. The van der Waals surface area contributed by atoms with E-state index in [1.54, 1.807) is 0 Å². The maximum atomic E-state index is 6.21. The number of hydrogen-bond acceptors (Lipinski definition) is 3. The van der Waals surface area contributed by atoms with E-state index in [-0.39, 0.29) is 24.8 Å². The van der Waals surface area contributed by atoms with Gasteiger partial charge in [-0.2, -0.15) is 0 Å². The van der Waals surface area contributed by atoms with E-state index in [2.05, 4.69) is 24.1 Å². The van der Waals surface area contributed by atoms with Crippen LogP contribution in [0.4, 0.5) is 11.5 Å². The summed E-state index contributed by atoms with van der Waals surface area (Å²) in [7, 11) is 4.54. The molecule has 1 aliphatic rings. The minimum absolute atomic E-state index is 0. The Hall–Kier alpha value is -1.17. The van der Waals surface area contributed by atoms with E-state index in [9.17, 15) is 0 Å². The van der Waals surface area contributed by atoms with Crippen LogP contribution in [0.25, 0.3) is 5.52 Å². The van der Waals surface area contributed by atoms with Crippen molar-refractivity contribution < 1.29 is 16.9 Å². The second kappa shape index (κ2) is 6.08. The molecule has 1 fully saturated rings. The molecule has 7 heteroatoms. The number of hydrogen-bond donors (Lipinski definition) is 1. The minimum Gasteiger partial charge on any atom is -1.00 e. The number of aromatic nitrogens is 2. The number of piperazine rings is 1. The number of nitrogen functional groups attached to an aromatic ring is 1. The van der Waals surface area contributed by atoms with Gasteiger partial charge in [-0.25, -0.2) is 4.52 Å². The van der Waals surface area contributed by atoms with Gasteiger partial charge in [0.2, 0.25) is 0 Å². The van der Waals surface area contributed by atoms with Gasteiger partial charge in [-0.3, -0.25) is 0 Å². The molecule has 0 saturated carbocycles. The van der Waals surface area contributed by atoms with Crippen molar-refractivity contribution in [1.29, 1.82) is 0 Å². The third-order valence-electron chi connectivity index (χ3n) is 3.81. The van der Waals surface area contributed by atoms with Crippen LogP contribution in [0.2, 0.25) is 0 Å². The number of fused-ring (bicyclic) bond motifs is 1. The number of halogens is 2. The molecule has 2 aromatic heterocycles. The van der Waals surface area contributed by atoms with Crippen molar-refractivity contribution in [2.45, 2.75) is 0 Å². The quantitative estimate of drug-likeness (QED) is 0.634. The third kappa shape index (κ3) is 2.95. The van der Waals surface area contributed by atoms with Crippen molar-refractivity contribution in [3.63, 3.8) is 0 Å². The summed E-state index contributed by atoms with van der Waals surface area (Å²) in [6.45, 7) is 4.29. The molecule has 2 aromatic rings. The Balaban J connectivity index is 0.000001000. The van der Waals surface area contributed by atoms with Crippen LogP contribution in [0.5, 0.6) is 0 Å². The van der Waals surface area contributed by atoms with E-state index < -0.39 is 0 Å². The third-order valence-corrected chi connectivity index (χ3v) is 3.81. The van der Waals surface area contributed by atoms with E-state index in [0.717, 1.165) is 47.7 Å². The van der Waals surface area contributed by atoms with Crippen molar-refractivity contribution in [2.75, 3.05) is 50.9 Å². The normalized spacial score (nSPS) is 17.4. The lowest BCUT2D eigenvalue weighted by molar-refractivity contribution is -0.890. The van der Waals surface area contributed by atoms with Gasteiger partial charge in [-0.05, 0) is 12.1 Å². The van der Waals surface area contributed by atoms with E-state index in [4.69, 9.17) is 5.73 Å². The average Bonchev–Trinajstić information content (AvgIpc) is 2.68. The molecule has 20 heavy (non-hydrogen) atoms. The van der Waals surface area contributed by atoms with Crippen molar-refractivity contribution in [1.82, 2.24) is 9.61 Å². The van der Waals surface area contributed by atoms with Gasteiger partial charge in [0.15, 0.2) is 5.82 Å². The van der Waals surface area contributed by atoms with Gasteiger partial charge in [-0.1, -0.05) is 6.07 Å². The minimum atomic E-state index is 0. The SMILES string of the molecule is C[N+]1(C)CCN(c2nn3ccccc3c2N)CC1.Cl.[Cl-]. The molecule has 0 amide bonds. The fraction of sp³-hybridized carbons (Fsp3) is 0.462. The highest BCUT2D eigenvalue weighted by Gasteiger charge is 2.27. The van der Waals surface area contributed by atoms with Gasteiger partial charge >= 0.3 is 0 Å². The first-order chi connectivity index (χ1) is 8.57. The topological polar surface area (TPSA) is 46.6 Å². The van der Waals surface area contributed by atoms with Gasteiger partial charge in [0.1, 0.15) is 5.69 Å². The second-order valence-corrected chi connectivity index (χ2v) is 5.64. The largest absolute Gasteiger partial charge is 1.00 e. The predicted molar refractivity (Wildman–Crippen MR) is 80.9 cm³/mol. The van der Waals surface area contributed by atoms with E-state index >= 15 is 0 Å². The smallest absolute Gasteiger partial charge is 0.175 e. The number of nitrogens with two attached hydrogens (primary N) is 1. The fourth-order valence-electron chi connectivity index (χ4n) is 2.46. The van der Waals surface area contributed by atoms with Crippen LogP contribution in [0, 0.1) is 0 Å². The maximum absolute atomic E-state index is 6.21. The van der Waals surface area contributed by atoms with Crippen molar-refractivity contribution in [2.24, 2.45) is 0 Å². The molecule has 0 aliphatic carbocycles. The monoisotopic (exact) mass is 317 g/mol. The molecule has 5 nitrogen and oxygen atoms in total. The van der Waals surface area contributed by atoms with Crippen molar-refractivity contribution >= 4 is 29.4 Å². The lowest BCUT2D eigenvalue weighted by Crippen LogP contribution is -3.00. The molecule has 3 rings (SSSR count). The average molecular weight is 318 g/mol. The molecule has 2 N–H and O–H groups in total. The predicted octanol–water partition coefficient (Wildman–Crippen LogP) is -1.76. The maximum Gasteiger partial charge on any atom is 0.175 e. The van der Waals surface area contributed by atoms with E-state index in [1.165, 1.54) is 0 Å². The molecule has 112 valence electrons. The molecule has 0 atom stereocenters. The molecule has 0 radical (unpaired) electrons. The van der Waals surface area contributed by atoms with Crippen LogP contribution in [0.15, 0.2) is 24.4 Å². The highest BCUT2D eigenvalue weighted by molar-refractivity contribution is 5.85. The van der Waals surface area contributed by atoms with Crippen LogP contribution in [-0.4, -0.2) is 54.4 Å². The molecule has 0 aromatic carbocycles. The van der Waals surface area contributed by atoms with Crippen LogP contribution in [0.1, 0.15) is 0 Å². The Labute approximate surface area is 131 Å². The molecular weight excluding hydrogens is 297 g/mol. The first-order valence-corrected chi connectivity index (χ1v) is 6.37. The second-order valence-electron chi connectivity index (χ2n) is 5.64. The van der Waals surface area contributed by atoms with Gasteiger partial charge in [0, 0.05) is 6.20 Å². The Bertz CT molecular complexity index is 571. The van der Waals surface area contributed by atoms with Crippen LogP contribution in [0.3, 0.4) is 0 Å². The fourth-order valence-corrected chi connectivity index (χ4v) is 2.46. The highest BCUT2D eigenvalue weighted by Crippen LogP contribution is 2.27. The summed E-state index contributed by atoms with van der Waals surface area (Å²) in [6, 6.07) is 5.97. The Morgan fingerprint density at radius 2 is 1.85 bits per heavy atom. The zero-order chi connectivity index (χ0) is 12.8. The summed E-state index contributed by atoms with van der Waals surface area (Å²) >= 11 is 0. The van der Waals surface area contributed by atoms with Crippen LogP contribution >= 0.6 is 12.4 Å². The highest BCUT2D eigenvalue weighted by atomic mass is 35.5. The van der Waals surface area contributed by atoms with Gasteiger partial charge in [0.05, 0.1) is 45.8 Å². The number of anilines is 2. The summed E-state index contributed by atoms with van der Waals surface area (Å²) in [5.74, 6) is 0.931. The van der Waals surface area contributed by atoms with Crippen LogP contribution < -0.4 is 23.0 Å². The number of quaternary nitrogens is 1. The summed E-state index contributed by atoms with van der Waals surface area (Å²) in [5.41, 5.74) is 7.99. The van der Waals surface area contributed by atoms with Crippen molar-refractivity contribution in [3.8, 4) is 0 Å². The number of pyridine rings is 1. The molecule has 0 spiro atoms. The van der Waals surface area contributed by atoms with Gasteiger partial charge in [0.25, 0.3) is 0 Å². The molecule has 3 heterocycles. The Kier molecular flexibility index (Phi) is 5.13. The summed E-state index contributed by atoms with van der Waals surface area (Å²) < 4.78 is 2.93. The summed E-state index contributed by atoms with van der Waals surface area (Å²) in [4.78, 5) is 2.30. The van der Waals surface area contributed by atoms with Gasteiger partial charge in [-0.15, -0.1) is 17.5 Å². The zero-order valence-electron chi connectivity index (χ0n) is 11.8. The molecule has 1 aliphatic heterocycles. The standard InChI is InChI=1S/C13H20N5.2ClH/c1-18(2)9-7-16(8-10-18)13-12(14)11-5-3-4-6-17(11)15-13;;/h3-6H,7-10,14H2,1-2H3;2*1H/q+1;;/p-1. The van der Waals surface area contributed by atoms with Crippen molar-refractivity contribution in [3.05, 3.63) is 24.4 Å². The molecule has 0 bridgehead atoms. The number of rotatable bonds is 1. The number of nitrogens with zero attached hydrogens (tertiary/aromatic N) is 4. The van der Waals surface area contributed by atoms with Crippen LogP contribution in [-0.2, 0) is 0 Å². The van der Waals surface area contributed by atoms with E-state index in [1.807, 2.05) is 28.9 Å². The first kappa shape index (κ1) is 16.9. The molecular formula is C13H21Cl2N5. The molecule has 0 unspecified atom stereocenters. The molecule has 1 saturated heterocycles. The van der Waals surface area contributed by atoms with Gasteiger partial charge < -0.3 is 27.5 Å². The Morgan fingerprint density at radius 1 is 1.20 bits per heavy atom. The lowest BCUT2D eigenvalue weighted by atomic mass is 10.2. The summed E-state index contributed by atoms with van der Waals surface area (Å²) in [6.07, 6.45) is 1.94. The number of likely N-dealkylation sites (N-methyl/N-ethyl adjacent to an activating group) is 1. The summed E-state index contributed by atoms with van der Waals surface area (Å²) in [5, 5.41) is 4.59. The lowest BCUT2D eigenvalue weighted by Gasteiger charge is -2.39. The first-order valence-electron chi connectivity index (χ1n) is 6.37. The van der Waals surface area contributed by atoms with E-state index in [0.29, 0.717) is 0 Å².